The zero-order valence-corrected chi connectivity index (χ0v) is 11.5. The zero-order valence-electron chi connectivity index (χ0n) is 11.5. The van der Waals surface area contributed by atoms with Gasteiger partial charge in [0.05, 0.1) is 11.5 Å². The highest BCUT2D eigenvalue weighted by Gasteiger charge is 2.19. The standard InChI is InChI=1S/C14H19FN2O3/c1-8(2)5-9(7-16)13(18)17-10-3-4-12(15)11(6-10)14(19)20/h3-4,6,8-9H,5,7,16H2,1-2H3,(H,17,18)(H,19,20). The van der Waals surface area contributed by atoms with Gasteiger partial charge in [-0.25, -0.2) is 9.18 Å². The number of nitrogens with two attached hydrogens (primary N) is 1. The lowest BCUT2D eigenvalue weighted by Crippen LogP contribution is -2.30. The second-order valence-corrected chi connectivity index (χ2v) is 5.05. The van der Waals surface area contributed by atoms with Crippen LogP contribution in [0.3, 0.4) is 0 Å². The van der Waals surface area contributed by atoms with Crippen LogP contribution in [0.1, 0.15) is 30.6 Å². The monoisotopic (exact) mass is 282 g/mol. The summed E-state index contributed by atoms with van der Waals surface area (Å²) in [7, 11) is 0. The fourth-order valence-corrected chi connectivity index (χ4v) is 1.89. The third-order valence-electron chi connectivity index (χ3n) is 2.88. The van der Waals surface area contributed by atoms with E-state index in [1.807, 2.05) is 13.8 Å². The zero-order chi connectivity index (χ0) is 15.3. The Labute approximate surface area is 117 Å². The Hall–Kier alpha value is -1.95. The topological polar surface area (TPSA) is 92.4 Å². The minimum absolute atomic E-state index is 0.205. The molecule has 0 fully saturated rings. The van der Waals surface area contributed by atoms with Crippen LogP contribution in [-0.2, 0) is 4.79 Å². The van der Waals surface area contributed by atoms with E-state index in [2.05, 4.69) is 5.32 Å². The van der Waals surface area contributed by atoms with Gasteiger partial charge >= 0.3 is 5.97 Å². The molecule has 1 rings (SSSR count). The quantitative estimate of drug-likeness (QED) is 0.744. The van der Waals surface area contributed by atoms with Gasteiger partial charge < -0.3 is 16.2 Å². The molecule has 1 aromatic rings. The SMILES string of the molecule is CC(C)CC(CN)C(=O)Nc1ccc(F)c(C(=O)O)c1. The van der Waals surface area contributed by atoms with Crippen LogP contribution in [0.25, 0.3) is 0 Å². The number of carboxylic acids is 1. The van der Waals surface area contributed by atoms with Crippen LogP contribution in [0.4, 0.5) is 10.1 Å². The number of carbonyl (C=O) groups excluding carboxylic acids is 1. The number of hydrogen-bond acceptors (Lipinski definition) is 3. The van der Waals surface area contributed by atoms with E-state index in [0.717, 1.165) is 12.1 Å². The van der Waals surface area contributed by atoms with E-state index in [-0.39, 0.29) is 24.1 Å². The van der Waals surface area contributed by atoms with Crippen LogP contribution >= 0.6 is 0 Å². The summed E-state index contributed by atoms with van der Waals surface area (Å²) >= 11 is 0. The average Bonchev–Trinajstić information content (AvgIpc) is 2.37. The third kappa shape index (κ3) is 4.31. The van der Waals surface area contributed by atoms with Crippen molar-refractivity contribution in [1.29, 1.82) is 0 Å². The number of anilines is 1. The molecule has 0 bridgehead atoms. The van der Waals surface area contributed by atoms with Crippen LogP contribution in [0.15, 0.2) is 18.2 Å². The fourth-order valence-electron chi connectivity index (χ4n) is 1.89. The molecular weight excluding hydrogens is 263 g/mol. The molecule has 0 radical (unpaired) electrons. The first-order chi connectivity index (χ1) is 9.35. The number of rotatable bonds is 6. The molecule has 5 nitrogen and oxygen atoms in total. The Bertz CT molecular complexity index is 503. The van der Waals surface area contributed by atoms with Gasteiger partial charge in [-0.2, -0.15) is 0 Å². The maximum absolute atomic E-state index is 13.2. The molecule has 1 amide bonds. The van der Waals surface area contributed by atoms with Gasteiger partial charge in [-0.1, -0.05) is 13.8 Å². The summed E-state index contributed by atoms with van der Waals surface area (Å²) in [4.78, 5) is 22.8. The largest absolute Gasteiger partial charge is 0.478 e. The molecule has 1 atom stereocenters. The number of nitrogens with one attached hydrogen (secondary N) is 1. The number of benzene rings is 1. The average molecular weight is 282 g/mol. The molecule has 4 N–H and O–H groups in total. The molecule has 110 valence electrons. The minimum Gasteiger partial charge on any atom is -0.478 e. The number of amides is 1. The molecule has 0 saturated heterocycles. The van der Waals surface area contributed by atoms with Gasteiger partial charge in [-0.3, -0.25) is 4.79 Å². The Balaban J connectivity index is 2.84. The summed E-state index contributed by atoms with van der Waals surface area (Å²) in [6.45, 7) is 4.17. The number of hydrogen-bond donors (Lipinski definition) is 3. The van der Waals surface area contributed by atoms with Crippen molar-refractivity contribution >= 4 is 17.6 Å². The second-order valence-electron chi connectivity index (χ2n) is 5.05. The van der Waals surface area contributed by atoms with Crippen molar-refractivity contribution in [3.8, 4) is 0 Å². The van der Waals surface area contributed by atoms with Crippen LogP contribution in [0.5, 0.6) is 0 Å². The predicted molar refractivity (Wildman–Crippen MR) is 74.0 cm³/mol. The van der Waals surface area contributed by atoms with E-state index < -0.39 is 17.3 Å². The van der Waals surface area contributed by atoms with Gasteiger partial charge in [0.25, 0.3) is 0 Å². The predicted octanol–water partition coefficient (Wildman–Crippen LogP) is 2.08. The second kappa shape index (κ2) is 7.00. The molecule has 1 unspecified atom stereocenters. The fraction of sp³-hybridized carbons (Fsp3) is 0.429. The highest BCUT2D eigenvalue weighted by molar-refractivity contribution is 5.95. The molecular formula is C14H19FN2O3. The third-order valence-corrected chi connectivity index (χ3v) is 2.88. The first-order valence-electron chi connectivity index (χ1n) is 6.39. The van der Waals surface area contributed by atoms with Gasteiger partial charge in [-0.15, -0.1) is 0 Å². The summed E-state index contributed by atoms with van der Waals surface area (Å²) in [5.41, 5.74) is 5.33. The van der Waals surface area contributed by atoms with Crippen molar-refractivity contribution in [3.63, 3.8) is 0 Å². The van der Waals surface area contributed by atoms with Crippen molar-refractivity contribution in [3.05, 3.63) is 29.6 Å². The highest BCUT2D eigenvalue weighted by atomic mass is 19.1. The Morgan fingerprint density at radius 2 is 2.05 bits per heavy atom. The first-order valence-corrected chi connectivity index (χ1v) is 6.39. The molecule has 6 heteroatoms. The lowest BCUT2D eigenvalue weighted by atomic mass is 9.96. The number of aromatic carboxylic acids is 1. The summed E-state index contributed by atoms with van der Waals surface area (Å²) in [5.74, 6) is -2.54. The van der Waals surface area contributed by atoms with Crippen LogP contribution in [0.2, 0.25) is 0 Å². The van der Waals surface area contributed by atoms with E-state index in [1.54, 1.807) is 0 Å². The van der Waals surface area contributed by atoms with Crippen molar-refractivity contribution in [1.82, 2.24) is 0 Å². The van der Waals surface area contributed by atoms with Crippen molar-refractivity contribution in [2.75, 3.05) is 11.9 Å². The smallest absolute Gasteiger partial charge is 0.338 e. The summed E-state index contributed by atoms with van der Waals surface area (Å²) < 4.78 is 13.2. The molecule has 0 aromatic heterocycles. The number of halogens is 1. The molecule has 0 heterocycles. The van der Waals surface area contributed by atoms with Crippen molar-refractivity contribution in [2.24, 2.45) is 17.6 Å². The first kappa shape index (κ1) is 16.1. The summed E-state index contributed by atoms with van der Waals surface area (Å²) in [6.07, 6.45) is 0.634. The van der Waals surface area contributed by atoms with Gasteiger partial charge in [0, 0.05) is 12.2 Å². The van der Waals surface area contributed by atoms with Gasteiger partial charge in [0.1, 0.15) is 5.82 Å². The van der Waals surface area contributed by atoms with E-state index >= 15 is 0 Å². The normalized spacial score (nSPS) is 12.2. The minimum atomic E-state index is -1.38. The Morgan fingerprint density at radius 1 is 1.40 bits per heavy atom. The highest BCUT2D eigenvalue weighted by Crippen LogP contribution is 2.17. The summed E-state index contributed by atoms with van der Waals surface area (Å²) in [5, 5.41) is 11.4. The molecule has 0 spiro atoms. The van der Waals surface area contributed by atoms with E-state index in [9.17, 15) is 14.0 Å². The maximum atomic E-state index is 13.2. The lowest BCUT2D eigenvalue weighted by Gasteiger charge is -2.17. The lowest BCUT2D eigenvalue weighted by molar-refractivity contribution is -0.120. The number of carboxylic acid groups (broad SMARTS) is 1. The van der Waals surface area contributed by atoms with Crippen molar-refractivity contribution in [2.45, 2.75) is 20.3 Å². The van der Waals surface area contributed by atoms with Gasteiger partial charge in [0.2, 0.25) is 5.91 Å². The van der Waals surface area contributed by atoms with Crippen LogP contribution in [0, 0.1) is 17.7 Å². The van der Waals surface area contributed by atoms with Gasteiger partial charge in [-0.05, 0) is 30.5 Å². The molecule has 20 heavy (non-hydrogen) atoms. The summed E-state index contributed by atoms with van der Waals surface area (Å²) in [6, 6.07) is 3.43. The molecule has 0 aliphatic heterocycles. The molecule has 1 aromatic carbocycles. The Kier molecular flexibility index (Phi) is 5.64. The molecule has 0 saturated carbocycles. The maximum Gasteiger partial charge on any atom is 0.338 e. The van der Waals surface area contributed by atoms with Crippen LogP contribution < -0.4 is 11.1 Å². The van der Waals surface area contributed by atoms with E-state index in [4.69, 9.17) is 10.8 Å². The van der Waals surface area contributed by atoms with Gasteiger partial charge in [0.15, 0.2) is 0 Å². The number of carbonyl (C=O) groups is 2. The molecule has 0 aliphatic carbocycles. The van der Waals surface area contributed by atoms with Crippen molar-refractivity contribution < 1.29 is 19.1 Å². The van der Waals surface area contributed by atoms with E-state index in [0.29, 0.717) is 12.3 Å². The van der Waals surface area contributed by atoms with E-state index in [1.165, 1.54) is 6.07 Å². The van der Waals surface area contributed by atoms with Crippen LogP contribution in [-0.4, -0.2) is 23.5 Å². The Morgan fingerprint density at radius 3 is 2.55 bits per heavy atom. The molecule has 0 aliphatic rings.